The second kappa shape index (κ2) is 7.25. The highest BCUT2D eigenvalue weighted by atomic mass is 32.1. The van der Waals surface area contributed by atoms with Crippen LogP contribution in [0.25, 0.3) is 0 Å². The number of carbonyl (C=O) groups excluding carboxylic acids is 1. The van der Waals surface area contributed by atoms with Crippen molar-refractivity contribution in [2.75, 3.05) is 6.54 Å². The monoisotopic (exact) mass is 346 g/mol. The summed E-state index contributed by atoms with van der Waals surface area (Å²) in [6.07, 6.45) is 3.81. The second-order valence-corrected chi connectivity index (χ2v) is 7.01. The minimum absolute atomic E-state index is 0.0123. The summed E-state index contributed by atoms with van der Waals surface area (Å²) in [5, 5.41) is 7.27. The van der Waals surface area contributed by atoms with Crippen LogP contribution >= 0.6 is 11.3 Å². The van der Waals surface area contributed by atoms with Gasteiger partial charge in [-0.15, -0.1) is 11.3 Å². The Morgan fingerprint density at radius 1 is 1.38 bits per heavy atom. The molecule has 3 rings (SSSR count). The van der Waals surface area contributed by atoms with E-state index in [0.717, 1.165) is 36.4 Å². The van der Waals surface area contributed by atoms with Gasteiger partial charge in [-0.2, -0.15) is 5.10 Å². The molecule has 24 heavy (non-hydrogen) atoms. The van der Waals surface area contributed by atoms with Gasteiger partial charge in [-0.1, -0.05) is 6.92 Å². The fourth-order valence-electron chi connectivity index (χ4n) is 3.04. The van der Waals surface area contributed by atoms with Gasteiger partial charge in [-0.05, 0) is 38.7 Å². The number of piperidine rings is 1. The van der Waals surface area contributed by atoms with Crippen molar-refractivity contribution in [1.82, 2.24) is 19.7 Å². The van der Waals surface area contributed by atoms with E-state index in [4.69, 9.17) is 0 Å². The minimum atomic E-state index is -0.167. The van der Waals surface area contributed by atoms with Crippen molar-refractivity contribution in [3.63, 3.8) is 0 Å². The molecule has 1 aliphatic heterocycles. The lowest BCUT2D eigenvalue weighted by Gasteiger charge is -2.34. The Bertz CT molecular complexity index is 783. The molecule has 3 heterocycles. The number of aromatic nitrogens is 3. The predicted molar refractivity (Wildman–Crippen MR) is 93.3 cm³/mol. The summed E-state index contributed by atoms with van der Waals surface area (Å²) in [5.74, 6) is -0.114. The number of amides is 1. The van der Waals surface area contributed by atoms with E-state index in [-0.39, 0.29) is 17.5 Å². The molecule has 128 valence electrons. The summed E-state index contributed by atoms with van der Waals surface area (Å²) >= 11 is 1.61. The SMILES string of the molecule is CCCn1nc(C(=O)N2CCCCC2c2nc(C)cs2)ccc1=O. The Morgan fingerprint density at radius 3 is 2.92 bits per heavy atom. The number of carbonyl (C=O) groups is 1. The number of hydrogen-bond acceptors (Lipinski definition) is 5. The van der Waals surface area contributed by atoms with E-state index in [1.807, 2.05) is 24.1 Å². The maximum absolute atomic E-state index is 13.0. The predicted octanol–water partition coefficient (Wildman–Crippen LogP) is 2.79. The third-order valence-electron chi connectivity index (χ3n) is 4.21. The maximum Gasteiger partial charge on any atom is 0.274 e. The van der Waals surface area contributed by atoms with Crippen molar-refractivity contribution in [2.24, 2.45) is 0 Å². The van der Waals surface area contributed by atoms with Crippen LogP contribution in [0.1, 0.15) is 59.8 Å². The molecule has 0 saturated carbocycles. The molecule has 0 N–H and O–H groups in total. The number of hydrogen-bond donors (Lipinski definition) is 0. The molecule has 0 spiro atoms. The summed E-state index contributed by atoms with van der Waals surface area (Å²) < 4.78 is 1.37. The lowest BCUT2D eigenvalue weighted by atomic mass is 10.0. The van der Waals surface area contributed by atoms with Crippen molar-refractivity contribution in [3.05, 3.63) is 44.3 Å². The Kier molecular flexibility index (Phi) is 5.08. The first-order valence-corrected chi connectivity index (χ1v) is 9.29. The number of nitrogens with zero attached hydrogens (tertiary/aromatic N) is 4. The van der Waals surface area contributed by atoms with Gasteiger partial charge in [0, 0.05) is 30.2 Å². The molecule has 1 aliphatic rings. The molecule has 1 saturated heterocycles. The standard InChI is InChI=1S/C17H22N4O2S/c1-3-9-21-15(22)8-7-13(19-21)17(23)20-10-5-4-6-14(20)16-18-12(2)11-24-16/h7-8,11,14H,3-6,9-10H2,1-2H3. The quantitative estimate of drug-likeness (QED) is 0.854. The molecule has 6 nitrogen and oxygen atoms in total. The maximum atomic E-state index is 13.0. The lowest BCUT2D eigenvalue weighted by Crippen LogP contribution is -2.39. The zero-order valence-electron chi connectivity index (χ0n) is 14.1. The molecule has 2 aromatic heterocycles. The van der Waals surface area contributed by atoms with Crippen molar-refractivity contribution < 1.29 is 4.79 Å². The van der Waals surface area contributed by atoms with E-state index in [0.29, 0.717) is 18.8 Å². The zero-order chi connectivity index (χ0) is 17.1. The van der Waals surface area contributed by atoms with Gasteiger partial charge in [-0.3, -0.25) is 9.59 Å². The number of thiazole rings is 1. The van der Waals surface area contributed by atoms with E-state index in [1.165, 1.54) is 16.8 Å². The van der Waals surface area contributed by atoms with E-state index in [9.17, 15) is 9.59 Å². The normalized spacial score (nSPS) is 17.9. The average molecular weight is 346 g/mol. The van der Waals surface area contributed by atoms with Crippen LogP contribution in [0.3, 0.4) is 0 Å². The molecule has 2 aromatic rings. The Hall–Kier alpha value is -2.02. The second-order valence-electron chi connectivity index (χ2n) is 6.12. The molecule has 7 heteroatoms. The Labute approximate surface area is 145 Å². The van der Waals surface area contributed by atoms with Crippen LogP contribution in [0, 0.1) is 6.92 Å². The highest BCUT2D eigenvalue weighted by Crippen LogP contribution is 2.33. The first-order valence-electron chi connectivity index (χ1n) is 8.41. The molecule has 0 aliphatic carbocycles. The number of rotatable bonds is 4. The van der Waals surface area contributed by atoms with Crippen LogP contribution < -0.4 is 5.56 Å². The minimum Gasteiger partial charge on any atom is -0.328 e. The largest absolute Gasteiger partial charge is 0.328 e. The first-order chi connectivity index (χ1) is 11.6. The summed E-state index contributed by atoms with van der Waals surface area (Å²) in [4.78, 5) is 31.2. The van der Waals surface area contributed by atoms with Gasteiger partial charge in [-0.25, -0.2) is 9.67 Å². The van der Waals surface area contributed by atoms with Gasteiger partial charge in [0.15, 0.2) is 0 Å². The lowest BCUT2D eigenvalue weighted by molar-refractivity contribution is 0.0602. The summed E-state index contributed by atoms with van der Waals surface area (Å²) in [5.41, 5.74) is 1.16. The zero-order valence-corrected chi connectivity index (χ0v) is 14.9. The van der Waals surface area contributed by atoms with E-state index in [2.05, 4.69) is 10.1 Å². The Balaban J connectivity index is 1.89. The van der Waals surface area contributed by atoms with E-state index >= 15 is 0 Å². The first kappa shape index (κ1) is 16.8. The number of likely N-dealkylation sites (tertiary alicyclic amines) is 1. The van der Waals surface area contributed by atoms with Gasteiger partial charge in [0.1, 0.15) is 10.7 Å². The van der Waals surface area contributed by atoms with Gasteiger partial charge in [0.05, 0.1) is 6.04 Å². The van der Waals surface area contributed by atoms with Crippen molar-refractivity contribution in [2.45, 2.75) is 52.1 Å². The fraction of sp³-hybridized carbons (Fsp3) is 0.529. The molecule has 1 atom stereocenters. The topological polar surface area (TPSA) is 68.1 Å². The van der Waals surface area contributed by atoms with Crippen LogP contribution in [0.5, 0.6) is 0 Å². The fourth-order valence-corrected chi connectivity index (χ4v) is 3.98. The van der Waals surface area contributed by atoms with Crippen LogP contribution in [0.15, 0.2) is 22.3 Å². The Morgan fingerprint density at radius 2 is 2.21 bits per heavy atom. The van der Waals surface area contributed by atoms with Crippen molar-refractivity contribution in [1.29, 1.82) is 0 Å². The molecular formula is C17H22N4O2S. The van der Waals surface area contributed by atoms with Gasteiger partial charge in [0.25, 0.3) is 11.5 Å². The summed E-state index contributed by atoms with van der Waals surface area (Å²) in [6.45, 7) is 5.18. The summed E-state index contributed by atoms with van der Waals surface area (Å²) in [6, 6.07) is 2.98. The highest BCUT2D eigenvalue weighted by molar-refractivity contribution is 7.09. The van der Waals surface area contributed by atoms with E-state index < -0.39 is 0 Å². The molecule has 1 unspecified atom stereocenters. The smallest absolute Gasteiger partial charge is 0.274 e. The van der Waals surface area contributed by atoms with Crippen LogP contribution in [0.2, 0.25) is 0 Å². The molecule has 0 radical (unpaired) electrons. The van der Waals surface area contributed by atoms with Gasteiger partial charge >= 0.3 is 0 Å². The van der Waals surface area contributed by atoms with Crippen molar-refractivity contribution >= 4 is 17.2 Å². The summed E-state index contributed by atoms with van der Waals surface area (Å²) in [7, 11) is 0. The van der Waals surface area contributed by atoms with Crippen LogP contribution in [0.4, 0.5) is 0 Å². The third-order valence-corrected chi connectivity index (χ3v) is 5.27. The van der Waals surface area contributed by atoms with Crippen LogP contribution in [-0.2, 0) is 6.54 Å². The van der Waals surface area contributed by atoms with E-state index in [1.54, 1.807) is 11.3 Å². The van der Waals surface area contributed by atoms with Crippen molar-refractivity contribution in [3.8, 4) is 0 Å². The number of aryl methyl sites for hydroxylation is 2. The average Bonchev–Trinajstić information content (AvgIpc) is 3.03. The van der Waals surface area contributed by atoms with Gasteiger partial charge < -0.3 is 4.90 Å². The molecule has 0 aromatic carbocycles. The third kappa shape index (κ3) is 3.40. The van der Waals surface area contributed by atoms with Crippen LogP contribution in [-0.4, -0.2) is 32.1 Å². The molecule has 0 bridgehead atoms. The molecule has 1 amide bonds. The highest BCUT2D eigenvalue weighted by Gasteiger charge is 2.31. The molecular weight excluding hydrogens is 324 g/mol. The van der Waals surface area contributed by atoms with Gasteiger partial charge in [0.2, 0.25) is 0 Å². The molecule has 1 fully saturated rings.